The lowest BCUT2D eigenvalue weighted by atomic mass is 9.92. The molecule has 2 heterocycles. The van der Waals surface area contributed by atoms with Crippen LogP contribution in [0.15, 0.2) is 24.5 Å². The molecule has 1 N–H and O–H groups in total. The Morgan fingerprint density at radius 2 is 2.06 bits per heavy atom. The first kappa shape index (κ1) is 12.2. The molecule has 1 aromatic heterocycles. The van der Waals surface area contributed by atoms with E-state index in [1.165, 1.54) is 6.20 Å². The number of aromatic nitrogens is 1. The van der Waals surface area contributed by atoms with E-state index < -0.39 is 23.8 Å². The van der Waals surface area contributed by atoms with E-state index in [1.807, 2.05) is 0 Å². The molecule has 0 radical (unpaired) electrons. The van der Waals surface area contributed by atoms with Crippen LogP contribution in [-0.4, -0.2) is 22.8 Å². The minimum Gasteiger partial charge on any atom is -0.277 e. The second-order valence-electron chi connectivity index (χ2n) is 4.40. The van der Waals surface area contributed by atoms with E-state index in [4.69, 9.17) is 0 Å². The zero-order valence-corrected chi connectivity index (χ0v) is 10.1. The summed E-state index contributed by atoms with van der Waals surface area (Å²) in [4.78, 5) is 40.4. The summed E-state index contributed by atoms with van der Waals surface area (Å²) >= 11 is 0. The molecule has 2 rings (SSSR count). The largest absolute Gasteiger partial charge is 0.335 e. The maximum atomic E-state index is 12.2. The van der Waals surface area contributed by atoms with Crippen LogP contribution < -0.4 is 10.2 Å². The van der Waals surface area contributed by atoms with Crippen LogP contribution in [0.2, 0.25) is 0 Å². The van der Waals surface area contributed by atoms with E-state index in [-0.39, 0.29) is 5.92 Å². The van der Waals surface area contributed by atoms with E-state index in [1.54, 1.807) is 32.2 Å². The van der Waals surface area contributed by atoms with Gasteiger partial charge in [-0.2, -0.15) is 0 Å². The van der Waals surface area contributed by atoms with E-state index in [0.29, 0.717) is 5.69 Å². The van der Waals surface area contributed by atoms with Gasteiger partial charge in [-0.3, -0.25) is 19.9 Å². The fraction of sp³-hybridized carbons (Fsp3) is 0.333. The second-order valence-corrected chi connectivity index (χ2v) is 4.40. The molecule has 0 saturated carbocycles. The molecule has 6 heteroatoms. The van der Waals surface area contributed by atoms with Gasteiger partial charge in [-0.25, -0.2) is 9.69 Å². The molecule has 0 spiro atoms. The third kappa shape index (κ3) is 1.97. The summed E-state index contributed by atoms with van der Waals surface area (Å²) < 4.78 is 0. The van der Waals surface area contributed by atoms with Gasteiger partial charge in [-0.1, -0.05) is 13.8 Å². The number of rotatable bonds is 2. The van der Waals surface area contributed by atoms with Crippen molar-refractivity contribution in [3.8, 4) is 0 Å². The van der Waals surface area contributed by atoms with Gasteiger partial charge in [-0.05, 0) is 18.1 Å². The number of amides is 4. The molecule has 1 saturated heterocycles. The smallest absolute Gasteiger partial charge is 0.277 e. The van der Waals surface area contributed by atoms with Crippen molar-refractivity contribution in [3.05, 3.63) is 24.5 Å². The molecule has 1 unspecified atom stereocenters. The average molecular weight is 247 g/mol. The lowest BCUT2D eigenvalue weighted by Gasteiger charge is -2.31. The first-order chi connectivity index (χ1) is 8.52. The van der Waals surface area contributed by atoms with Gasteiger partial charge >= 0.3 is 6.03 Å². The molecule has 1 atom stereocenters. The normalized spacial score (nSPS) is 20.3. The highest BCUT2D eigenvalue weighted by Crippen LogP contribution is 2.23. The molecule has 6 nitrogen and oxygen atoms in total. The van der Waals surface area contributed by atoms with Crippen LogP contribution >= 0.6 is 0 Å². The van der Waals surface area contributed by atoms with Crippen molar-refractivity contribution in [2.75, 3.05) is 4.90 Å². The zero-order chi connectivity index (χ0) is 13.3. The maximum absolute atomic E-state index is 12.2. The minimum atomic E-state index is -0.845. The summed E-state index contributed by atoms with van der Waals surface area (Å²) in [5.41, 5.74) is 0.359. The summed E-state index contributed by atoms with van der Waals surface area (Å²) in [7, 11) is 0. The zero-order valence-electron chi connectivity index (χ0n) is 10.1. The van der Waals surface area contributed by atoms with Crippen molar-refractivity contribution in [1.82, 2.24) is 10.3 Å². The van der Waals surface area contributed by atoms with Crippen LogP contribution in [0.1, 0.15) is 13.8 Å². The summed E-state index contributed by atoms with van der Waals surface area (Å²) in [6, 6.07) is 2.49. The Morgan fingerprint density at radius 3 is 2.61 bits per heavy atom. The number of barbiturate groups is 1. The quantitative estimate of drug-likeness (QED) is 0.789. The van der Waals surface area contributed by atoms with Gasteiger partial charge in [-0.15, -0.1) is 0 Å². The monoisotopic (exact) mass is 247 g/mol. The van der Waals surface area contributed by atoms with Gasteiger partial charge in [0.05, 0.1) is 11.9 Å². The molecular formula is C12H13N3O3. The van der Waals surface area contributed by atoms with Crippen LogP contribution in [0, 0.1) is 11.8 Å². The van der Waals surface area contributed by atoms with Crippen molar-refractivity contribution in [2.24, 2.45) is 11.8 Å². The van der Waals surface area contributed by atoms with Crippen molar-refractivity contribution in [3.63, 3.8) is 0 Å². The predicted octanol–water partition coefficient (Wildman–Crippen LogP) is 0.937. The standard InChI is InChI=1S/C12H13N3O3/c1-7(2)9-10(16)14-12(18)15(11(9)17)8-4-3-5-13-6-8/h3-7,9H,1-2H3,(H,14,16,18). The number of carbonyl (C=O) groups excluding carboxylic acids is 3. The highest BCUT2D eigenvalue weighted by molar-refractivity contribution is 6.27. The molecule has 0 bridgehead atoms. The SMILES string of the molecule is CC(C)C1C(=O)NC(=O)N(c2cccnc2)C1=O. The Bertz CT molecular complexity index is 499. The third-order valence-corrected chi connectivity index (χ3v) is 2.77. The molecule has 1 fully saturated rings. The lowest BCUT2D eigenvalue weighted by molar-refractivity contribution is -0.136. The minimum absolute atomic E-state index is 0.176. The number of urea groups is 1. The summed E-state index contributed by atoms with van der Waals surface area (Å²) in [5, 5.41) is 2.19. The van der Waals surface area contributed by atoms with Crippen LogP contribution in [0.4, 0.5) is 10.5 Å². The van der Waals surface area contributed by atoms with Gasteiger partial charge in [0.25, 0.3) is 0 Å². The number of carbonyl (C=O) groups is 3. The van der Waals surface area contributed by atoms with E-state index >= 15 is 0 Å². The van der Waals surface area contributed by atoms with Crippen molar-refractivity contribution in [2.45, 2.75) is 13.8 Å². The van der Waals surface area contributed by atoms with Gasteiger partial charge in [0.2, 0.25) is 11.8 Å². The number of nitrogens with one attached hydrogen (secondary N) is 1. The van der Waals surface area contributed by atoms with E-state index in [2.05, 4.69) is 10.3 Å². The van der Waals surface area contributed by atoms with E-state index in [0.717, 1.165) is 4.90 Å². The third-order valence-electron chi connectivity index (χ3n) is 2.77. The highest BCUT2D eigenvalue weighted by Gasteiger charge is 2.42. The van der Waals surface area contributed by atoms with Gasteiger partial charge in [0, 0.05) is 6.20 Å². The summed E-state index contributed by atoms with van der Waals surface area (Å²) in [6.07, 6.45) is 2.95. The Labute approximate surface area is 104 Å². The number of nitrogens with zero attached hydrogens (tertiary/aromatic N) is 2. The maximum Gasteiger partial charge on any atom is 0.335 e. The van der Waals surface area contributed by atoms with Crippen molar-refractivity contribution >= 4 is 23.5 Å². The average Bonchev–Trinajstić information content (AvgIpc) is 2.28. The molecule has 94 valence electrons. The van der Waals surface area contributed by atoms with Crippen molar-refractivity contribution < 1.29 is 14.4 Å². The lowest BCUT2D eigenvalue weighted by Crippen LogP contribution is -2.59. The molecule has 4 amide bonds. The van der Waals surface area contributed by atoms with Crippen LogP contribution in [-0.2, 0) is 9.59 Å². The summed E-state index contributed by atoms with van der Waals surface area (Å²) in [5.74, 6) is -2.07. The molecule has 1 aromatic rings. The number of anilines is 1. The van der Waals surface area contributed by atoms with Gasteiger partial charge < -0.3 is 0 Å². The van der Waals surface area contributed by atoms with Crippen molar-refractivity contribution in [1.29, 1.82) is 0 Å². The Morgan fingerprint density at radius 1 is 1.33 bits per heavy atom. The number of hydrogen-bond donors (Lipinski definition) is 1. The molecule has 0 aromatic carbocycles. The number of pyridine rings is 1. The molecular weight excluding hydrogens is 234 g/mol. The summed E-state index contributed by atoms with van der Waals surface area (Å²) in [6.45, 7) is 3.53. The van der Waals surface area contributed by atoms with Gasteiger partial charge in [0.1, 0.15) is 5.92 Å². The first-order valence-corrected chi connectivity index (χ1v) is 5.61. The molecule has 1 aliphatic heterocycles. The predicted molar refractivity (Wildman–Crippen MR) is 63.6 cm³/mol. The fourth-order valence-electron chi connectivity index (χ4n) is 1.91. The number of hydrogen-bond acceptors (Lipinski definition) is 4. The first-order valence-electron chi connectivity index (χ1n) is 5.61. The number of imide groups is 2. The highest BCUT2D eigenvalue weighted by atomic mass is 16.2. The molecule has 0 aliphatic carbocycles. The Kier molecular flexibility index (Phi) is 3.10. The van der Waals surface area contributed by atoms with Crippen LogP contribution in [0.25, 0.3) is 0 Å². The van der Waals surface area contributed by atoms with Crippen LogP contribution in [0.5, 0.6) is 0 Å². The van der Waals surface area contributed by atoms with Gasteiger partial charge in [0.15, 0.2) is 0 Å². The molecule has 18 heavy (non-hydrogen) atoms. The Hall–Kier alpha value is -2.24. The second kappa shape index (κ2) is 4.56. The van der Waals surface area contributed by atoms with Crippen LogP contribution in [0.3, 0.4) is 0 Å². The van der Waals surface area contributed by atoms with E-state index in [9.17, 15) is 14.4 Å². The Balaban J connectivity index is 2.39. The fourth-order valence-corrected chi connectivity index (χ4v) is 1.91. The topological polar surface area (TPSA) is 79.4 Å². The molecule has 1 aliphatic rings.